The molecule has 1 fully saturated rings. The summed E-state index contributed by atoms with van der Waals surface area (Å²) in [6.45, 7) is 5.94. The van der Waals surface area contributed by atoms with E-state index in [1.807, 2.05) is 24.3 Å². The standard InChI is InChI=1S/C16H24N4O/c1-19-9-11-20(12-10-19)8-7-18-16(21)6-5-14-3-2-4-15(17)13-14/h2-6,13H,7-12,17H2,1H3,(H,18,21)/b6-5+. The SMILES string of the molecule is CN1CCN(CCNC(=O)/C=C/c2cccc(N)c2)CC1. The fourth-order valence-corrected chi connectivity index (χ4v) is 2.30. The molecule has 1 aromatic rings. The summed E-state index contributed by atoms with van der Waals surface area (Å²) in [5, 5.41) is 2.91. The van der Waals surface area contributed by atoms with Crippen LogP contribution in [0.15, 0.2) is 30.3 Å². The molecule has 5 nitrogen and oxygen atoms in total. The molecule has 1 aliphatic rings. The molecule has 1 aromatic carbocycles. The fraction of sp³-hybridized carbons (Fsp3) is 0.438. The third kappa shape index (κ3) is 5.57. The molecule has 3 N–H and O–H groups in total. The normalized spacial score (nSPS) is 17.2. The Hall–Kier alpha value is -1.85. The van der Waals surface area contributed by atoms with Crippen molar-refractivity contribution in [3.05, 3.63) is 35.9 Å². The molecule has 21 heavy (non-hydrogen) atoms. The van der Waals surface area contributed by atoms with E-state index in [-0.39, 0.29) is 5.91 Å². The van der Waals surface area contributed by atoms with Crippen LogP contribution in [0.5, 0.6) is 0 Å². The zero-order chi connectivity index (χ0) is 15.1. The highest BCUT2D eigenvalue weighted by Crippen LogP contribution is 2.07. The van der Waals surface area contributed by atoms with Crippen LogP contribution in [0, 0.1) is 0 Å². The molecule has 0 radical (unpaired) electrons. The molecule has 1 aliphatic heterocycles. The quantitative estimate of drug-likeness (QED) is 0.617. The van der Waals surface area contributed by atoms with Gasteiger partial charge in [0.25, 0.3) is 0 Å². The highest BCUT2D eigenvalue weighted by Gasteiger charge is 2.12. The van der Waals surface area contributed by atoms with Crippen molar-refractivity contribution >= 4 is 17.7 Å². The summed E-state index contributed by atoms with van der Waals surface area (Å²) in [4.78, 5) is 16.4. The van der Waals surface area contributed by atoms with Crippen molar-refractivity contribution in [3.8, 4) is 0 Å². The average molecular weight is 288 g/mol. The van der Waals surface area contributed by atoms with Crippen molar-refractivity contribution in [1.29, 1.82) is 0 Å². The van der Waals surface area contributed by atoms with Crippen molar-refractivity contribution in [2.24, 2.45) is 0 Å². The molecule has 0 spiro atoms. The average Bonchev–Trinajstić information content (AvgIpc) is 2.47. The van der Waals surface area contributed by atoms with Crippen LogP contribution in [0.3, 0.4) is 0 Å². The van der Waals surface area contributed by atoms with Crippen LogP contribution in [-0.2, 0) is 4.79 Å². The van der Waals surface area contributed by atoms with E-state index in [1.165, 1.54) is 0 Å². The lowest BCUT2D eigenvalue weighted by molar-refractivity contribution is -0.116. The fourth-order valence-electron chi connectivity index (χ4n) is 2.30. The number of anilines is 1. The lowest BCUT2D eigenvalue weighted by Gasteiger charge is -2.32. The van der Waals surface area contributed by atoms with Gasteiger partial charge in [-0.3, -0.25) is 9.69 Å². The minimum atomic E-state index is -0.0634. The van der Waals surface area contributed by atoms with Crippen LogP contribution < -0.4 is 11.1 Å². The number of hydrogen-bond donors (Lipinski definition) is 2. The number of carbonyl (C=O) groups is 1. The number of likely N-dealkylation sites (N-methyl/N-ethyl adjacent to an activating group) is 1. The largest absolute Gasteiger partial charge is 0.399 e. The van der Waals surface area contributed by atoms with Crippen LogP contribution in [0.2, 0.25) is 0 Å². The Morgan fingerprint density at radius 3 is 2.81 bits per heavy atom. The van der Waals surface area contributed by atoms with E-state index in [1.54, 1.807) is 12.2 Å². The Morgan fingerprint density at radius 1 is 1.33 bits per heavy atom. The van der Waals surface area contributed by atoms with Gasteiger partial charge in [0.2, 0.25) is 5.91 Å². The van der Waals surface area contributed by atoms with Crippen molar-refractivity contribution < 1.29 is 4.79 Å². The van der Waals surface area contributed by atoms with Crippen LogP contribution in [0.4, 0.5) is 5.69 Å². The van der Waals surface area contributed by atoms with Crippen LogP contribution in [0.25, 0.3) is 6.08 Å². The summed E-state index contributed by atoms with van der Waals surface area (Å²) in [5.41, 5.74) is 7.33. The molecule has 114 valence electrons. The minimum absolute atomic E-state index is 0.0634. The first kappa shape index (κ1) is 15.5. The molecule has 0 aliphatic carbocycles. The van der Waals surface area contributed by atoms with E-state index in [0.29, 0.717) is 12.2 Å². The third-order valence-corrected chi connectivity index (χ3v) is 3.66. The first-order valence-corrected chi connectivity index (χ1v) is 7.36. The second-order valence-corrected chi connectivity index (χ2v) is 5.44. The van der Waals surface area contributed by atoms with Gasteiger partial charge >= 0.3 is 0 Å². The molecule has 0 unspecified atom stereocenters. The highest BCUT2D eigenvalue weighted by molar-refractivity contribution is 5.91. The van der Waals surface area contributed by atoms with Gasteiger partial charge in [-0.15, -0.1) is 0 Å². The van der Waals surface area contributed by atoms with Gasteiger partial charge in [-0.2, -0.15) is 0 Å². The van der Waals surface area contributed by atoms with Crippen molar-refractivity contribution in [2.75, 3.05) is 52.0 Å². The minimum Gasteiger partial charge on any atom is -0.399 e. The Kier molecular flexibility index (Phi) is 5.78. The predicted molar refractivity (Wildman–Crippen MR) is 86.8 cm³/mol. The molecular weight excluding hydrogens is 264 g/mol. The van der Waals surface area contributed by atoms with Gasteiger partial charge in [0.1, 0.15) is 0 Å². The zero-order valence-corrected chi connectivity index (χ0v) is 12.6. The number of benzene rings is 1. The molecule has 1 amide bonds. The van der Waals surface area contributed by atoms with Crippen LogP contribution >= 0.6 is 0 Å². The van der Waals surface area contributed by atoms with Gasteiger partial charge in [-0.1, -0.05) is 12.1 Å². The number of hydrogen-bond acceptors (Lipinski definition) is 4. The van der Waals surface area contributed by atoms with E-state index in [9.17, 15) is 4.79 Å². The van der Waals surface area contributed by atoms with Gasteiger partial charge in [0, 0.05) is 51.0 Å². The lowest BCUT2D eigenvalue weighted by Crippen LogP contribution is -2.46. The van der Waals surface area contributed by atoms with Gasteiger partial charge in [0.05, 0.1) is 0 Å². The van der Waals surface area contributed by atoms with Crippen molar-refractivity contribution in [1.82, 2.24) is 15.1 Å². The first-order chi connectivity index (χ1) is 10.1. The van der Waals surface area contributed by atoms with Gasteiger partial charge in [0.15, 0.2) is 0 Å². The summed E-state index contributed by atoms with van der Waals surface area (Å²) >= 11 is 0. The predicted octanol–water partition coefficient (Wildman–Crippen LogP) is 0.646. The van der Waals surface area contributed by atoms with E-state index < -0.39 is 0 Å². The van der Waals surface area contributed by atoms with Crippen molar-refractivity contribution in [3.63, 3.8) is 0 Å². The number of nitrogen functional groups attached to an aromatic ring is 1. The summed E-state index contributed by atoms with van der Waals surface area (Å²) in [6, 6.07) is 7.46. The third-order valence-electron chi connectivity index (χ3n) is 3.66. The Morgan fingerprint density at radius 2 is 2.10 bits per heavy atom. The topological polar surface area (TPSA) is 61.6 Å². The number of piperazine rings is 1. The van der Waals surface area contributed by atoms with Crippen LogP contribution in [-0.4, -0.2) is 62.0 Å². The Balaban J connectivity index is 1.68. The molecular formula is C16H24N4O. The molecule has 0 atom stereocenters. The smallest absolute Gasteiger partial charge is 0.244 e. The molecule has 0 bridgehead atoms. The molecule has 1 heterocycles. The summed E-state index contributed by atoms with van der Waals surface area (Å²) < 4.78 is 0. The summed E-state index contributed by atoms with van der Waals surface area (Å²) in [6.07, 6.45) is 3.33. The maximum absolute atomic E-state index is 11.7. The summed E-state index contributed by atoms with van der Waals surface area (Å²) in [7, 11) is 2.14. The maximum Gasteiger partial charge on any atom is 0.244 e. The van der Waals surface area contributed by atoms with Gasteiger partial charge in [-0.05, 0) is 30.8 Å². The molecule has 1 saturated heterocycles. The number of nitrogens with one attached hydrogen (secondary N) is 1. The molecule has 0 saturated carbocycles. The van der Waals surface area contributed by atoms with Crippen LogP contribution in [0.1, 0.15) is 5.56 Å². The van der Waals surface area contributed by atoms with Crippen molar-refractivity contribution in [2.45, 2.75) is 0 Å². The number of nitrogens with zero attached hydrogens (tertiary/aromatic N) is 2. The highest BCUT2D eigenvalue weighted by atomic mass is 16.1. The molecule has 0 aromatic heterocycles. The monoisotopic (exact) mass is 288 g/mol. The van der Waals surface area contributed by atoms with E-state index in [2.05, 4.69) is 22.2 Å². The number of amides is 1. The van der Waals surface area contributed by atoms with E-state index in [0.717, 1.165) is 38.3 Å². The Labute approximate surface area is 126 Å². The number of rotatable bonds is 5. The Bertz CT molecular complexity index is 493. The number of nitrogens with two attached hydrogens (primary N) is 1. The number of carbonyl (C=O) groups excluding carboxylic acids is 1. The van der Waals surface area contributed by atoms with E-state index in [4.69, 9.17) is 5.73 Å². The molecule has 2 rings (SSSR count). The second-order valence-electron chi connectivity index (χ2n) is 5.44. The molecule has 5 heteroatoms. The van der Waals surface area contributed by atoms with Gasteiger partial charge < -0.3 is 16.0 Å². The summed E-state index contributed by atoms with van der Waals surface area (Å²) in [5.74, 6) is -0.0634. The first-order valence-electron chi connectivity index (χ1n) is 7.36. The van der Waals surface area contributed by atoms with E-state index >= 15 is 0 Å². The maximum atomic E-state index is 11.7. The van der Waals surface area contributed by atoms with Gasteiger partial charge in [-0.25, -0.2) is 0 Å². The second kappa shape index (κ2) is 7.81. The zero-order valence-electron chi connectivity index (χ0n) is 12.6. The lowest BCUT2D eigenvalue weighted by atomic mass is 10.2.